The number of nitrogens with zero attached hydrogens (tertiary/aromatic N) is 7. The number of aromatic nitrogens is 4. The van der Waals surface area contributed by atoms with Gasteiger partial charge in [0.1, 0.15) is 5.65 Å². The van der Waals surface area contributed by atoms with Crippen LogP contribution in [0, 0.1) is 19.7 Å². The van der Waals surface area contributed by atoms with Gasteiger partial charge >= 0.3 is 0 Å². The highest BCUT2D eigenvalue weighted by molar-refractivity contribution is 5.78. The Bertz CT molecular complexity index is 1720. The van der Waals surface area contributed by atoms with Crippen molar-refractivity contribution in [2.75, 3.05) is 36.0 Å². The molecule has 0 amide bonds. The molecule has 44 heavy (non-hydrogen) atoms. The maximum Gasteiger partial charge on any atom is 0.195 e. The van der Waals surface area contributed by atoms with Crippen LogP contribution in [0.25, 0.3) is 11.0 Å². The Morgan fingerprint density at radius 3 is 2.57 bits per heavy atom. The molecule has 4 aromatic heterocycles. The third-order valence-electron chi connectivity index (χ3n) is 9.31. The molecule has 10 heteroatoms. The summed E-state index contributed by atoms with van der Waals surface area (Å²) in [5.41, 5.74) is 5.26. The minimum Gasteiger partial charge on any atom is -0.391 e. The normalized spacial score (nSPS) is 20.7. The molecule has 0 bridgehead atoms. The van der Waals surface area contributed by atoms with Gasteiger partial charge in [-0.1, -0.05) is 0 Å². The van der Waals surface area contributed by atoms with Crippen LogP contribution in [0.4, 0.5) is 15.9 Å². The van der Waals surface area contributed by atoms with Gasteiger partial charge in [-0.15, -0.1) is 0 Å². The lowest BCUT2D eigenvalue weighted by molar-refractivity contribution is 0.158. The van der Waals surface area contributed by atoms with E-state index in [0.717, 1.165) is 61.4 Å². The van der Waals surface area contributed by atoms with Crippen molar-refractivity contribution in [2.45, 2.75) is 77.2 Å². The molecule has 2 aliphatic heterocycles. The number of aliphatic hydroxyl groups is 1. The molecule has 1 aliphatic carbocycles. The number of aryl methyl sites for hydroxylation is 2. The van der Waals surface area contributed by atoms with Gasteiger partial charge in [0.2, 0.25) is 0 Å². The highest BCUT2D eigenvalue weighted by Crippen LogP contribution is 2.37. The van der Waals surface area contributed by atoms with E-state index in [1.54, 1.807) is 4.90 Å². The van der Waals surface area contributed by atoms with Crippen molar-refractivity contribution in [2.24, 2.45) is 0 Å². The van der Waals surface area contributed by atoms with Gasteiger partial charge in [0.15, 0.2) is 17.1 Å². The maximum atomic E-state index is 15.5. The topological polar surface area (TPSA) is 90.6 Å². The molecule has 1 saturated carbocycles. The van der Waals surface area contributed by atoms with Crippen LogP contribution >= 0.6 is 0 Å². The van der Waals surface area contributed by atoms with E-state index in [0.29, 0.717) is 49.2 Å². The summed E-state index contributed by atoms with van der Waals surface area (Å²) in [6, 6.07) is 10.2. The fraction of sp³-hybridized carbons (Fsp3) is 0.471. The first kappa shape index (κ1) is 28.9. The third-order valence-corrected chi connectivity index (χ3v) is 9.31. The van der Waals surface area contributed by atoms with Crippen LogP contribution in [0.2, 0.25) is 0 Å². The van der Waals surface area contributed by atoms with E-state index < -0.39 is 11.9 Å². The average molecular weight is 598 g/mol. The molecule has 3 aliphatic rings. The lowest BCUT2D eigenvalue weighted by Gasteiger charge is -2.40. The molecule has 1 N–H and O–H groups in total. The lowest BCUT2D eigenvalue weighted by atomic mass is 10.0. The quantitative estimate of drug-likeness (QED) is 0.317. The van der Waals surface area contributed by atoms with Crippen molar-refractivity contribution in [3.63, 3.8) is 0 Å². The zero-order valence-electron chi connectivity index (χ0n) is 25.5. The SMILES string of the molecule is Cc1ccc(N2CCC[C@H](N(Cc3ccnc(C)c3)Cc3cn(C4CC4)c4nc(N5CC[C@@H](O)C5)c(F)cc4c3=O)C2)cn1. The molecular formula is C34H40FN7O2. The second-order valence-electron chi connectivity index (χ2n) is 12.8. The lowest BCUT2D eigenvalue weighted by Crippen LogP contribution is -2.48. The Morgan fingerprint density at radius 1 is 0.977 bits per heavy atom. The summed E-state index contributed by atoms with van der Waals surface area (Å²) in [4.78, 5) is 34.3. The molecule has 9 nitrogen and oxygen atoms in total. The van der Waals surface area contributed by atoms with Crippen LogP contribution in [0.15, 0.2) is 53.7 Å². The van der Waals surface area contributed by atoms with E-state index in [-0.39, 0.29) is 23.3 Å². The number of aliphatic hydroxyl groups excluding tert-OH is 1. The number of piperidine rings is 1. The third kappa shape index (κ3) is 5.93. The first-order valence-electron chi connectivity index (χ1n) is 15.8. The monoisotopic (exact) mass is 597 g/mol. The smallest absolute Gasteiger partial charge is 0.195 e. The van der Waals surface area contributed by atoms with Crippen molar-refractivity contribution in [3.05, 3.63) is 87.5 Å². The number of rotatable bonds is 8. The van der Waals surface area contributed by atoms with Gasteiger partial charge in [-0.25, -0.2) is 9.37 Å². The number of pyridine rings is 4. The molecule has 2 atom stereocenters. The van der Waals surface area contributed by atoms with Gasteiger partial charge in [0.25, 0.3) is 0 Å². The van der Waals surface area contributed by atoms with Crippen LogP contribution in [0.1, 0.15) is 60.7 Å². The van der Waals surface area contributed by atoms with Gasteiger partial charge in [0, 0.05) is 80.7 Å². The number of fused-ring (bicyclic) bond motifs is 1. The maximum absolute atomic E-state index is 15.5. The minimum absolute atomic E-state index is 0.164. The molecule has 0 unspecified atom stereocenters. The van der Waals surface area contributed by atoms with Crippen LogP contribution in [-0.2, 0) is 13.1 Å². The van der Waals surface area contributed by atoms with Crippen molar-refractivity contribution in [3.8, 4) is 0 Å². The molecule has 0 spiro atoms. The number of hydrogen-bond acceptors (Lipinski definition) is 8. The number of β-amino-alcohol motifs (C(OH)–C–C–N with tert-alkyl or cyclic N) is 1. The fourth-order valence-electron chi connectivity index (χ4n) is 6.80. The summed E-state index contributed by atoms with van der Waals surface area (Å²) < 4.78 is 17.6. The van der Waals surface area contributed by atoms with Gasteiger partial charge in [-0.2, -0.15) is 0 Å². The molecule has 6 heterocycles. The Labute approximate surface area is 257 Å². The molecule has 4 aromatic rings. The van der Waals surface area contributed by atoms with Crippen LogP contribution in [0.5, 0.6) is 0 Å². The predicted molar refractivity (Wildman–Crippen MR) is 169 cm³/mol. The summed E-state index contributed by atoms with van der Waals surface area (Å²) in [5.74, 6) is -0.292. The zero-order chi connectivity index (χ0) is 30.4. The summed E-state index contributed by atoms with van der Waals surface area (Å²) in [7, 11) is 0. The number of halogens is 1. The van der Waals surface area contributed by atoms with Crippen molar-refractivity contribution >= 4 is 22.5 Å². The first-order chi connectivity index (χ1) is 21.3. The summed E-state index contributed by atoms with van der Waals surface area (Å²) in [6.45, 7) is 7.82. The highest BCUT2D eigenvalue weighted by atomic mass is 19.1. The standard InChI is InChI=1S/C34H40FN7O2/c1-22-5-6-27(16-37-22)39-12-3-4-28(20-39)41(17-24-9-11-36-23(2)14-24)18-25-19-42(26-7-8-26)33-30(32(25)44)15-31(35)34(38-33)40-13-10-29(43)21-40/h5-6,9,11,14-16,19,26,28-29,43H,3-4,7-8,10,12-13,17-18,20-21H2,1-2H3/t28-,29+/m0/s1. The molecular weight excluding hydrogens is 557 g/mol. The van der Waals surface area contributed by atoms with E-state index in [1.165, 1.54) is 6.07 Å². The van der Waals surface area contributed by atoms with E-state index in [2.05, 4.69) is 42.5 Å². The number of anilines is 2. The van der Waals surface area contributed by atoms with Crippen LogP contribution < -0.4 is 15.2 Å². The van der Waals surface area contributed by atoms with Crippen LogP contribution in [0.3, 0.4) is 0 Å². The Kier molecular flexibility index (Phi) is 7.80. The number of hydrogen-bond donors (Lipinski definition) is 1. The van der Waals surface area contributed by atoms with Crippen molar-refractivity contribution in [1.29, 1.82) is 0 Å². The van der Waals surface area contributed by atoms with Gasteiger partial charge in [-0.3, -0.25) is 19.7 Å². The highest BCUT2D eigenvalue weighted by Gasteiger charge is 2.31. The second-order valence-corrected chi connectivity index (χ2v) is 12.8. The largest absolute Gasteiger partial charge is 0.391 e. The summed E-state index contributed by atoms with van der Waals surface area (Å²) >= 11 is 0. The molecule has 0 radical (unpaired) electrons. The Hall–Kier alpha value is -3.89. The average Bonchev–Trinajstić information content (AvgIpc) is 3.78. The molecule has 3 fully saturated rings. The molecule has 2 saturated heterocycles. The minimum atomic E-state index is -0.512. The first-order valence-corrected chi connectivity index (χ1v) is 15.8. The summed E-state index contributed by atoms with van der Waals surface area (Å²) in [5, 5.41) is 10.4. The van der Waals surface area contributed by atoms with Crippen LogP contribution in [-0.4, -0.2) is 67.9 Å². The van der Waals surface area contributed by atoms with Gasteiger partial charge in [-0.05, 0) is 81.8 Å². The Balaban J connectivity index is 1.25. The van der Waals surface area contributed by atoms with E-state index in [9.17, 15) is 9.90 Å². The van der Waals surface area contributed by atoms with E-state index in [4.69, 9.17) is 4.98 Å². The van der Waals surface area contributed by atoms with Crippen molar-refractivity contribution in [1.82, 2.24) is 24.4 Å². The van der Waals surface area contributed by atoms with Gasteiger partial charge in [0.05, 0.1) is 23.4 Å². The van der Waals surface area contributed by atoms with Crippen molar-refractivity contribution < 1.29 is 9.50 Å². The molecule has 0 aromatic carbocycles. The molecule has 7 rings (SSSR count). The Morgan fingerprint density at radius 2 is 1.84 bits per heavy atom. The molecule has 230 valence electrons. The zero-order valence-corrected chi connectivity index (χ0v) is 25.5. The predicted octanol–water partition coefficient (Wildman–Crippen LogP) is 4.52. The summed E-state index contributed by atoms with van der Waals surface area (Å²) in [6.07, 6.45) is 9.94. The second kappa shape index (κ2) is 11.9. The fourth-order valence-corrected chi connectivity index (χ4v) is 6.80. The van der Waals surface area contributed by atoms with E-state index in [1.807, 2.05) is 38.5 Å². The van der Waals surface area contributed by atoms with E-state index >= 15 is 4.39 Å². The van der Waals surface area contributed by atoms with Gasteiger partial charge < -0.3 is 19.5 Å².